The molecule has 3 amide bonds. The number of halogens is 3. The zero-order valence-electron chi connectivity index (χ0n) is 23.3. The minimum Gasteiger partial charge on any atom is -0.450 e. The summed E-state index contributed by atoms with van der Waals surface area (Å²) in [5, 5.41) is 9.32. The number of para-hydroxylation sites is 1. The first kappa shape index (κ1) is 30.3. The average molecular weight is 610 g/mol. The summed E-state index contributed by atoms with van der Waals surface area (Å²) in [6, 6.07) is 4.45. The normalized spacial score (nSPS) is 25.0. The number of ether oxygens (including phenoxy) is 2. The van der Waals surface area contributed by atoms with Gasteiger partial charge in [-0.25, -0.2) is 9.69 Å². The van der Waals surface area contributed by atoms with E-state index in [2.05, 4.69) is 9.64 Å². The summed E-state index contributed by atoms with van der Waals surface area (Å²) in [6.45, 7) is 4.01. The molecule has 0 spiro atoms. The zero-order chi connectivity index (χ0) is 30.0. The third-order valence-corrected chi connectivity index (χ3v) is 9.53. The Hall–Kier alpha value is -3.18. The quantitative estimate of drug-likeness (QED) is 0.324. The highest BCUT2D eigenvalue weighted by atomic mass is 32.2. The summed E-state index contributed by atoms with van der Waals surface area (Å²) < 4.78 is 48.3. The monoisotopic (exact) mass is 609 g/mol. The molecule has 3 heterocycles. The van der Waals surface area contributed by atoms with E-state index >= 15 is 0 Å². The van der Waals surface area contributed by atoms with Gasteiger partial charge in [0, 0.05) is 43.5 Å². The van der Waals surface area contributed by atoms with Crippen LogP contribution in [-0.2, 0) is 14.3 Å². The molecule has 1 aromatic rings. The van der Waals surface area contributed by atoms with Crippen LogP contribution >= 0.6 is 11.8 Å². The van der Waals surface area contributed by atoms with Crippen molar-refractivity contribution >= 4 is 29.7 Å². The zero-order valence-corrected chi connectivity index (χ0v) is 24.1. The van der Waals surface area contributed by atoms with E-state index in [4.69, 9.17) is 4.74 Å². The maximum absolute atomic E-state index is 14.0. The SMILES string of the molecule is CCOC(=O)N1CCC(N2CCC2C(=O)N2C[C@H](Sc3ccccc3OC(F)(F)F)C[C@H]2C(=O)N(C#N)C2CC2)CC1. The van der Waals surface area contributed by atoms with Gasteiger partial charge < -0.3 is 19.3 Å². The summed E-state index contributed by atoms with van der Waals surface area (Å²) in [5.74, 6) is -0.979. The lowest BCUT2D eigenvalue weighted by atomic mass is 9.93. The number of nitriles is 1. The fourth-order valence-electron chi connectivity index (χ4n) is 6.00. The van der Waals surface area contributed by atoms with E-state index < -0.39 is 24.4 Å². The van der Waals surface area contributed by atoms with Crippen LogP contribution in [0.3, 0.4) is 0 Å². The number of nitrogens with zero attached hydrogens (tertiary/aromatic N) is 5. The van der Waals surface area contributed by atoms with Crippen LogP contribution in [0.2, 0.25) is 0 Å². The van der Waals surface area contributed by atoms with E-state index in [9.17, 15) is 32.8 Å². The number of thioether (sulfide) groups is 1. The number of rotatable bonds is 8. The van der Waals surface area contributed by atoms with E-state index in [1.54, 1.807) is 17.9 Å². The molecule has 5 rings (SSSR count). The molecule has 3 aliphatic heterocycles. The molecule has 0 N–H and O–H groups in total. The van der Waals surface area contributed by atoms with E-state index in [-0.39, 0.29) is 52.9 Å². The van der Waals surface area contributed by atoms with E-state index in [0.717, 1.165) is 36.0 Å². The lowest BCUT2D eigenvalue weighted by Crippen LogP contribution is -2.63. The molecule has 14 heteroatoms. The van der Waals surface area contributed by atoms with E-state index in [1.807, 2.05) is 6.19 Å². The number of alkyl halides is 3. The third-order valence-electron chi connectivity index (χ3n) is 8.26. The number of piperidine rings is 1. The molecular formula is C28H34F3N5O5S. The van der Waals surface area contributed by atoms with Gasteiger partial charge in [-0.15, -0.1) is 24.9 Å². The van der Waals surface area contributed by atoms with Crippen molar-refractivity contribution in [2.75, 3.05) is 32.8 Å². The van der Waals surface area contributed by atoms with Gasteiger partial charge in [-0.3, -0.25) is 14.5 Å². The highest BCUT2D eigenvalue weighted by Gasteiger charge is 2.49. The summed E-state index contributed by atoms with van der Waals surface area (Å²) in [6.07, 6.45) is 0.465. The molecule has 1 saturated carbocycles. The van der Waals surface area contributed by atoms with Crippen molar-refractivity contribution in [3.8, 4) is 11.9 Å². The minimum atomic E-state index is -4.86. The molecule has 42 heavy (non-hydrogen) atoms. The fraction of sp³-hybridized carbons (Fsp3) is 0.643. The number of hydrogen-bond acceptors (Lipinski definition) is 8. The predicted octanol–water partition coefficient (Wildman–Crippen LogP) is 3.81. The Morgan fingerprint density at radius 2 is 1.79 bits per heavy atom. The molecule has 228 valence electrons. The van der Waals surface area contributed by atoms with Crippen molar-refractivity contribution in [1.29, 1.82) is 5.26 Å². The predicted molar refractivity (Wildman–Crippen MR) is 145 cm³/mol. The number of carbonyl (C=O) groups is 3. The van der Waals surface area contributed by atoms with Gasteiger partial charge in [-0.1, -0.05) is 12.1 Å². The number of amides is 3. The van der Waals surface area contributed by atoms with E-state index in [1.165, 1.54) is 23.1 Å². The number of hydrogen-bond donors (Lipinski definition) is 0. The first-order valence-corrected chi connectivity index (χ1v) is 15.2. The van der Waals surface area contributed by atoms with E-state index in [0.29, 0.717) is 39.0 Å². The molecule has 1 unspecified atom stereocenters. The smallest absolute Gasteiger partial charge is 0.450 e. The van der Waals surface area contributed by atoms with Crippen LogP contribution in [0.1, 0.15) is 45.4 Å². The van der Waals surface area contributed by atoms with Crippen molar-refractivity contribution in [2.24, 2.45) is 0 Å². The Balaban J connectivity index is 1.29. The first-order chi connectivity index (χ1) is 20.1. The van der Waals surface area contributed by atoms with Crippen LogP contribution in [0.4, 0.5) is 18.0 Å². The minimum absolute atomic E-state index is 0.105. The van der Waals surface area contributed by atoms with Crippen molar-refractivity contribution < 1.29 is 37.0 Å². The molecule has 0 radical (unpaired) electrons. The van der Waals surface area contributed by atoms with Gasteiger partial charge in [0.05, 0.1) is 17.5 Å². The summed E-state index contributed by atoms with van der Waals surface area (Å²) >= 11 is 1.14. The Morgan fingerprint density at radius 3 is 2.38 bits per heavy atom. The second kappa shape index (κ2) is 12.6. The topological polar surface area (TPSA) is 106 Å². The van der Waals surface area contributed by atoms with Crippen molar-refractivity contribution in [3.63, 3.8) is 0 Å². The van der Waals surface area contributed by atoms with Crippen LogP contribution in [0.25, 0.3) is 0 Å². The maximum atomic E-state index is 14.0. The molecule has 3 saturated heterocycles. The summed E-state index contributed by atoms with van der Waals surface area (Å²) in [5.41, 5.74) is 0. The standard InChI is InChI=1S/C28H34F3N5O5S/c1-2-40-27(39)33-12-9-19(10-13-33)34-14-11-21(34)25(37)35-16-20(15-22(35)26(38)36(17-32)18-7-8-18)42-24-6-4-3-5-23(24)41-28(29,30)31/h3-6,18-22H,2,7-16H2,1H3/t20-,21?,22+/m1/s1. The van der Waals surface area contributed by atoms with Gasteiger partial charge in [-0.2, -0.15) is 5.26 Å². The largest absolute Gasteiger partial charge is 0.573 e. The second-order valence-corrected chi connectivity index (χ2v) is 12.3. The van der Waals surface area contributed by atoms with Gasteiger partial charge in [-0.05, 0) is 57.6 Å². The maximum Gasteiger partial charge on any atom is 0.573 e. The van der Waals surface area contributed by atoms with Gasteiger partial charge in [0.25, 0.3) is 5.91 Å². The number of likely N-dealkylation sites (tertiary alicyclic amines) is 3. The highest BCUT2D eigenvalue weighted by Crippen LogP contribution is 2.41. The van der Waals surface area contributed by atoms with Crippen molar-refractivity contribution in [1.82, 2.24) is 19.6 Å². The average Bonchev–Trinajstić information content (AvgIpc) is 3.67. The lowest BCUT2D eigenvalue weighted by molar-refractivity contribution is -0.275. The lowest BCUT2D eigenvalue weighted by Gasteiger charge is -2.49. The Labute approximate surface area is 246 Å². The Kier molecular flexibility index (Phi) is 9.08. The molecule has 10 nitrogen and oxygen atoms in total. The van der Waals surface area contributed by atoms with Crippen LogP contribution in [0, 0.1) is 11.5 Å². The summed E-state index contributed by atoms with van der Waals surface area (Å²) in [4.78, 5) is 46.4. The molecule has 3 atom stereocenters. The fourth-order valence-corrected chi connectivity index (χ4v) is 7.25. The van der Waals surface area contributed by atoms with Crippen LogP contribution in [0.5, 0.6) is 5.75 Å². The van der Waals surface area contributed by atoms with Gasteiger partial charge >= 0.3 is 12.5 Å². The van der Waals surface area contributed by atoms with Gasteiger partial charge in [0.2, 0.25) is 5.91 Å². The van der Waals surface area contributed by atoms with Gasteiger partial charge in [0.15, 0.2) is 6.19 Å². The van der Waals surface area contributed by atoms with Gasteiger partial charge in [0.1, 0.15) is 11.8 Å². The number of carbonyl (C=O) groups excluding carboxylic acids is 3. The molecule has 4 aliphatic rings. The Morgan fingerprint density at radius 1 is 1.07 bits per heavy atom. The Bertz CT molecular complexity index is 1220. The number of benzene rings is 1. The molecule has 1 aliphatic carbocycles. The van der Waals surface area contributed by atoms with Crippen molar-refractivity contribution in [3.05, 3.63) is 24.3 Å². The summed E-state index contributed by atoms with van der Waals surface area (Å²) in [7, 11) is 0. The van der Waals surface area contributed by atoms with Crippen LogP contribution in [-0.4, -0.2) is 106 Å². The molecule has 0 aromatic heterocycles. The highest BCUT2D eigenvalue weighted by molar-refractivity contribution is 8.00. The molecule has 1 aromatic carbocycles. The van der Waals surface area contributed by atoms with Crippen molar-refractivity contribution in [2.45, 2.75) is 86.1 Å². The van der Waals surface area contributed by atoms with Crippen LogP contribution in [0.15, 0.2) is 29.2 Å². The third kappa shape index (κ3) is 6.72. The first-order valence-electron chi connectivity index (χ1n) is 14.3. The van der Waals surface area contributed by atoms with Crippen LogP contribution < -0.4 is 4.74 Å². The molecule has 0 bridgehead atoms. The molecule has 4 fully saturated rings. The second-order valence-electron chi connectivity index (χ2n) is 11.0. The molecular weight excluding hydrogens is 575 g/mol.